The van der Waals surface area contributed by atoms with E-state index in [9.17, 15) is 19.5 Å². The number of piperidine rings is 1. The van der Waals surface area contributed by atoms with Crippen molar-refractivity contribution in [3.8, 4) is 11.1 Å². The summed E-state index contributed by atoms with van der Waals surface area (Å²) in [5.74, 6) is -1.76. The van der Waals surface area contributed by atoms with Crippen molar-refractivity contribution in [2.45, 2.75) is 45.1 Å². The first-order valence-corrected chi connectivity index (χ1v) is 11.9. The Labute approximate surface area is 200 Å². The predicted octanol–water partition coefficient (Wildman–Crippen LogP) is 4.26. The van der Waals surface area contributed by atoms with Crippen LogP contribution in [-0.4, -0.2) is 53.2 Å². The molecule has 0 saturated carbocycles. The van der Waals surface area contributed by atoms with E-state index in [-0.39, 0.29) is 30.9 Å². The largest absolute Gasteiger partial charge is 0.481 e. The second-order valence-electron chi connectivity index (χ2n) is 9.72. The minimum absolute atomic E-state index is 0.0685. The van der Waals surface area contributed by atoms with E-state index in [1.165, 1.54) is 0 Å². The van der Waals surface area contributed by atoms with Gasteiger partial charge in [-0.05, 0) is 47.9 Å². The zero-order valence-electron chi connectivity index (χ0n) is 19.9. The number of carbonyl (C=O) groups excluding carboxylic acids is 2. The van der Waals surface area contributed by atoms with Crippen molar-refractivity contribution in [2.24, 2.45) is 11.8 Å². The molecule has 2 amide bonds. The van der Waals surface area contributed by atoms with E-state index < -0.39 is 23.5 Å². The van der Waals surface area contributed by atoms with Crippen LogP contribution in [0.4, 0.5) is 4.79 Å². The van der Waals surface area contributed by atoms with Crippen LogP contribution in [0.3, 0.4) is 0 Å². The van der Waals surface area contributed by atoms with Crippen LogP contribution in [0.15, 0.2) is 48.5 Å². The lowest BCUT2D eigenvalue weighted by Gasteiger charge is -2.40. The van der Waals surface area contributed by atoms with Gasteiger partial charge in [-0.15, -0.1) is 0 Å². The van der Waals surface area contributed by atoms with Crippen molar-refractivity contribution in [2.75, 3.05) is 19.7 Å². The van der Waals surface area contributed by atoms with Gasteiger partial charge in [-0.2, -0.15) is 0 Å². The lowest BCUT2D eigenvalue weighted by atomic mass is 9.88. The van der Waals surface area contributed by atoms with E-state index in [4.69, 9.17) is 4.74 Å². The third-order valence-electron chi connectivity index (χ3n) is 7.20. The molecule has 180 valence electrons. The molecule has 1 heterocycles. The predicted molar refractivity (Wildman–Crippen MR) is 128 cm³/mol. The topological polar surface area (TPSA) is 95.9 Å². The van der Waals surface area contributed by atoms with Crippen LogP contribution in [0.25, 0.3) is 11.1 Å². The molecule has 2 aromatic carbocycles. The molecule has 1 aliphatic heterocycles. The van der Waals surface area contributed by atoms with E-state index in [0.29, 0.717) is 19.4 Å². The number of nitrogens with one attached hydrogen (secondary N) is 1. The van der Waals surface area contributed by atoms with Crippen molar-refractivity contribution in [3.63, 3.8) is 0 Å². The molecule has 4 rings (SSSR count). The number of carboxylic acids is 1. The van der Waals surface area contributed by atoms with Crippen LogP contribution in [0.1, 0.15) is 50.7 Å². The Morgan fingerprint density at radius 2 is 1.65 bits per heavy atom. The maximum Gasteiger partial charge on any atom is 0.408 e. The Balaban J connectivity index is 1.44. The Bertz CT molecular complexity index is 1050. The molecule has 1 fully saturated rings. The number of likely N-dealkylation sites (tertiary alicyclic amines) is 1. The van der Waals surface area contributed by atoms with E-state index in [0.717, 1.165) is 22.3 Å². The molecule has 3 unspecified atom stereocenters. The summed E-state index contributed by atoms with van der Waals surface area (Å²) in [6.07, 6.45) is 0.250. The second kappa shape index (κ2) is 9.49. The summed E-state index contributed by atoms with van der Waals surface area (Å²) < 4.78 is 5.64. The van der Waals surface area contributed by atoms with Gasteiger partial charge in [0.15, 0.2) is 0 Å². The van der Waals surface area contributed by atoms with Crippen molar-refractivity contribution in [1.29, 1.82) is 0 Å². The fourth-order valence-electron chi connectivity index (χ4n) is 5.20. The Morgan fingerprint density at radius 3 is 2.21 bits per heavy atom. The molecular formula is C27H32N2O5. The average Bonchev–Trinajstić information content (AvgIpc) is 3.15. The van der Waals surface area contributed by atoms with Gasteiger partial charge in [0.05, 0.1) is 5.92 Å². The SMILES string of the molecule is CCC(C)(NC(=O)OCC1c2ccccc2-c2ccccc21)C(=O)N1CC(C)CC(C(=O)O)C1. The van der Waals surface area contributed by atoms with Gasteiger partial charge in [0, 0.05) is 19.0 Å². The highest BCUT2D eigenvalue weighted by atomic mass is 16.5. The number of benzene rings is 2. The first-order valence-electron chi connectivity index (χ1n) is 11.9. The van der Waals surface area contributed by atoms with Gasteiger partial charge in [0.25, 0.3) is 0 Å². The lowest BCUT2D eigenvalue weighted by molar-refractivity contribution is -0.149. The molecule has 1 saturated heterocycles. The van der Waals surface area contributed by atoms with Crippen molar-refractivity contribution in [3.05, 3.63) is 59.7 Å². The highest BCUT2D eigenvalue weighted by Gasteiger charge is 2.41. The molecule has 7 nitrogen and oxygen atoms in total. The molecule has 0 bridgehead atoms. The standard InChI is InChI=1S/C27H32N2O5/c1-4-27(3,25(32)29-14-17(2)13-18(15-29)24(30)31)28-26(33)34-16-23-21-11-7-5-9-19(21)20-10-6-8-12-22(20)23/h5-12,17-18,23H,4,13-16H2,1-3H3,(H,28,33)(H,30,31). The van der Waals surface area contributed by atoms with Crippen LogP contribution in [-0.2, 0) is 14.3 Å². The number of carbonyl (C=O) groups is 3. The number of fused-ring (bicyclic) bond motifs is 3. The highest BCUT2D eigenvalue weighted by Crippen LogP contribution is 2.44. The molecule has 0 spiro atoms. The minimum Gasteiger partial charge on any atom is -0.481 e. The Hall–Kier alpha value is -3.35. The maximum absolute atomic E-state index is 13.4. The number of amides is 2. The van der Waals surface area contributed by atoms with Gasteiger partial charge in [0.1, 0.15) is 12.1 Å². The molecule has 2 N–H and O–H groups in total. The van der Waals surface area contributed by atoms with E-state index >= 15 is 0 Å². The van der Waals surface area contributed by atoms with Crippen LogP contribution in [0, 0.1) is 11.8 Å². The zero-order chi connectivity index (χ0) is 24.5. The van der Waals surface area contributed by atoms with Crippen LogP contribution in [0.2, 0.25) is 0 Å². The van der Waals surface area contributed by atoms with Gasteiger partial charge in [-0.1, -0.05) is 62.4 Å². The fraction of sp³-hybridized carbons (Fsp3) is 0.444. The van der Waals surface area contributed by atoms with Crippen LogP contribution in [0.5, 0.6) is 0 Å². The summed E-state index contributed by atoms with van der Waals surface area (Å²) in [6.45, 7) is 6.23. The number of carboxylic acid groups (broad SMARTS) is 1. The minimum atomic E-state index is -1.18. The highest BCUT2D eigenvalue weighted by molar-refractivity contribution is 5.90. The van der Waals surface area contributed by atoms with Crippen molar-refractivity contribution < 1.29 is 24.2 Å². The first-order chi connectivity index (χ1) is 16.2. The summed E-state index contributed by atoms with van der Waals surface area (Å²) in [4.78, 5) is 39.3. The summed E-state index contributed by atoms with van der Waals surface area (Å²) in [7, 11) is 0. The molecule has 2 aromatic rings. The lowest BCUT2D eigenvalue weighted by Crippen LogP contribution is -2.60. The molecule has 7 heteroatoms. The van der Waals surface area contributed by atoms with Crippen molar-refractivity contribution >= 4 is 18.0 Å². The molecule has 2 aliphatic rings. The summed E-state index contributed by atoms with van der Waals surface area (Å²) in [5, 5.41) is 12.2. The fourth-order valence-corrected chi connectivity index (χ4v) is 5.20. The molecule has 34 heavy (non-hydrogen) atoms. The number of hydrogen-bond donors (Lipinski definition) is 2. The van der Waals surface area contributed by atoms with Gasteiger partial charge in [-0.3, -0.25) is 9.59 Å². The maximum atomic E-state index is 13.4. The second-order valence-corrected chi connectivity index (χ2v) is 9.72. The number of nitrogens with zero attached hydrogens (tertiary/aromatic N) is 1. The van der Waals surface area contributed by atoms with Crippen LogP contribution >= 0.6 is 0 Å². The molecule has 3 atom stereocenters. The van der Waals surface area contributed by atoms with E-state index in [2.05, 4.69) is 29.6 Å². The van der Waals surface area contributed by atoms with Gasteiger partial charge in [-0.25, -0.2) is 4.79 Å². The van der Waals surface area contributed by atoms with E-state index in [1.807, 2.05) is 38.1 Å². The molecule has 0 radical (unpaired) electrons. The number of hydrogen-bond acceptors (Lipinski definition) is 4. The van der Waals surface area contributed by atoms with Gasteiger partial charge >= 0.3 is 12.1 Å². The smallest absolute Gasteiger partial charge is 0.408 e. The average molecular weight is 465 g/mol. The number of alkyl carbamates (subject to hydrolysis) is 1. The van der Waals surface area contributed by atoms with Crippen LogP contribution < -0.4 is 5.32 Å². The Kier molecular flexibility index (Phi) is 6.64. The first kappa shape index (κ1) is 23.8. The zero-order valence-corrected chi connectivity index (χ0v) is 19.9. The van der Waals surface area contributed by atoms with E-state index in [1.54, 1.807) is 11.8 Å². The van der Waals surface area contributed by atoms with Gasteiger partial charge < -0.3 is 20.1 Å². The number of rotatable bonds is 6. The van der Waals surface area contributed by atoms with Gasteiger partial charge in [0.2, 0.25) is 5.91 Å². The third kappa shape index (κ3) is 4.52. The molecule has 0 aromatic heterocycles. The monoisotopic (exact) mass is 464 g/mol. The number of ether oxygens (including phenoxy) is 1. The summed E-state index contributed by atoms with van der Waals surface area (Å²) in [6, 6.07) is 16.2. The molecular weight excluding hydrogens is 432 g/mol. The third-order valence-corrected chi connectivity index (χ3v) is 7.20. The normalized spacial score (nSPS) is 21.2. The Morgan fingerprint density at radius 1 is 1.06 bits per heavy atom. The summed E-state index contributed by atoms with van der Waals surface area (Å²) >= 11 is 0. The number of aliphatic carboxylic acids is 1. The molecule has 1 aliphatic carbocycles. The quantitative estimate of drug-likeness (QED) is 0.666. The van der Waals surface area contributed by atoms with Crippen molar-refractivity contribution in [1.82, 2.24) is 10.2 Å². The summed E-state index contributed by atoms with van der Waals surface area (Å²) in [5.41, 5.74) is 3.35.